The maximum atomic E-state index is 11.1. The first-order chi connectivity index (χ1) is 6.94. The maximum absolute atomic E-state index is 11.1. The molecule has 1 aromatic carbocycles. The van der Waals surface area contributed by atoms with Gasteiger partial charge in [-0.3, -0.25) is 4.72 Å². The van der Waals surface area contributed by atoms with Gasteiger partial charge in [0.15, 0.2) is 0 Å². The summed E-state index contributed by atoms with van der Waals surface area (Å²) < 4.78 is 26.7. The first-order valence-corrected chi connectivity index (χ1v) is 5.92. The van der Waals surface area contributed by atoms with Gasteiger partial charge in [-0.05, 0) is 24.6 Å². The molecule has 15 heavy (non-hydrogen) atoms. The maximum Gasteiger partial charge on any atom is 0.298 e. The van der Waals surface area contributed by atoms with Crippen LogP contribution in [0.4, 0.5) is 5.69 Å². The fourth-order valence-electron chi connectivity index (χ4n) is 1.04. The Kier molecular flexibility index (Phi) is 3.67. The monoisotopic (exact) mass is 230 g/mol. The number of anilines is 1. The van der Waals surface area contributed by atoms with Crippen LogP contribution in [-0.4, -0.2) is 20.6 Å². The first kappa shape index (κ1) is 12.0. The van der Waals surface area contributed by atoms with E-state index in [1.54, 1.807) is 31.2 Å². The molecule has 0 heterocycles. The fraction of sp³-hybridized carbons (Fsp3) is 0.333. The van der Waals surface area contributed by atoms with Gasteiger partial charge < -0.3 is 5.11 Å². The van der Waals surface area contributed by atoms with Crippen molar-refractivity contribution >= 4 is 15.9 Å². The minimum atomic E-state index is -3.47. The Morgan fingerprint density at radius 3 is 2.20 bits per heavy atom. The van der Waals surface area contributed by atoms with Crippen LogP contribution < -0.4 is 9.44 Å². The highest BCUT2D eigenvalue weighted by Gasteiger charge is 2.06. The second-order valence-electron chi connectivity index (χ2n) is 3.11. The largest absolute Gasteiger partial charge is 0.389 e. The van der Waals surface area contributed by atoms with Crippen LogP contribution in [0.3, 0.4) is 0 Å². The molecular weight excluding hydrogens is 216 g/mol. The average molecular weight is 230 g/mol. The standard InChI is InChI=1S/C9H14N2O3S/c1-7(12)8-3-5-9(6-4-8)11-15(13,14)10-2/h3-7,10-12H,1-2H3. The summed E-state index contributed by atoms with van der Waals surface area (Å²) in [6.45, 7) is 1.65. The quantitative estimate of drug-likeness (QED) is 0.709. The first-order valence-electron chi connectivity index (χ1n) is 4.44. The second kappa shape index (κ2) is 4.61. The molecule has 1 rings (SSSR count). The van der Waals surface area contributed by atoms with Crippen LogP contribution in [0, 0.1) is 0 Å². The number of nitrogens with one attached hydrogen (secondary N) is 2. The number of hydrogen-bond acceptors (Lipinski definition) is 3. The van der Waals surface area contributed by atoms with Crippen molar-refractivity contribution in [2.45, 2.75) is 13.0 Å². The van der Waals surface area contributed by atoms with E-state index in [2.05, 4.69) is 9.44 Å². The van der Waals surface area contributed by atoms with E-state index in [-0.39, 0.29) is 0 Å². The Morgan fingerprint density at radius 1 is 1.27 bits per heavy atom. The molecule has 84 valence electrons. The summed E-state index contributed by atoms with van der Waals surface area (Å²) in [5, 5.41) is 9.24. The number of rotatable bonds is 4. The van der Waals surface area contributed by atoms with E-state index in [9.17, 15) is 13.5 Å². The van der Waals surface area contributed by atoms with Crippen LogP contribution in [0.25, 0.3) is 0 Å². The molecule has 5 nitrogen and oxygen atoms in total. The molecule has 1 unspecified atom stereocenters. The molecule has 0 spiro atoms. The van der Waals surface area contributed by atoms with Crippen LogP contribution >= 0.6 is 0 Å². The summed E-state index contributed by atoms with van der Waals surface area (Å²) in [6.07, 6.45) is -0.556. The van der Waals surface area contributed by atoms with Crippen LogP contribution in [0.2, 0.25) is 0 Å². The van der Waals surface area contributed by atoms with Crippen molar-refractivity contribution < 1.29 is 13.5 Å². The normalized spacial score (nSPS) is 13.5. The predicted octanol–water partition coefficient (Wildman–Crippen LogP) is 0.616. The number of aliphatic hydroxyl groups excluding tert-OH is 1. The molecule has 0 bridgehead atoms. The lowest BCUT2D eigenvalue weighted by atomic mass is 10.1. The Balaban J connectivity index is 2.82. The zero-order valence-corrected chi connectivity index (χ0v) is 9.38. The zero-order chi connectivity index (χ0) is 11.5. The van der Waals surface area contributed by atoms with Crippen molar-refractivity contribution in [3.05, 3.63) is 29.8 Å². The SMILES string of the molecule is CNS(=O)(=O)Nc1ccc(C(C)O)cc1. The molecule has 6 heteroatoms. The number of benzene rings is 1. The van der Waals surface area contributed by atoms with Gasteiger partial charge in [0, 0.05) is 12.7 Å². The highest BCUT2D eigenvalue weighted by atomic mass is 32.2. The van der Waals surface area contributed by atoms with E-state index in [0.29, 0.717) is 5.69 Å². The average Bonchev–Trinajstić information content (AvgIpc) is 2.18. The molecule has 0 aliphatic heterocycles. The number of hydrogen-bond donors (Lipinski definition) is 3. The van der Waals surface area contributed by atoms with Crippen molar-refractivity contribution in [2.24, 2.45) is 0 Å². The lowest BCUT2D eigenvalue weighted by Gasteiger charge is -2.08. The topological polar surface area (TPSA) is 78.4 Å². The number of aliphatic hydroxyl groups is 1. The van der Waals surface area contributed by atoms with Crippen LogP contribution in [-0.2, 0) is 10.2 Å². The lowest BCUT2D eigenvalue weighted by molar-refractivity contribution is 0.199. The predicted molar refractivity (Wildman–Crippen MR) is 58.7 cm³/mol. The third kappa shape index (κ3) is 3.50. The third-order valence-corrected chi connectivity index (χ3v) is 2.96. The van der Waals surface area contributed by atoms with Gasteiger partial charge in [0.1, 0.15) is 0 Å². The van der Waals surface area contributed by atoms with Crippen LogP contribution in [0.15, 0.2) is 24.3 Å². The van der Waals surface area contributed by atoms with Gasteiger partial charge in [-0.2, -0.15) is 8.42 Å². The summed E-state index contributed by atoms with van der Waals surface area (Å²) >= 11 is 0. The minimum Gasteiger partial charge on any atom is -0.389 e. The van der Waals surface area contributed by atoms with Crippen molar-refractivity contribution in [3.8, 4) is 0 Å². The zero-order valence-electron chi connectivity index (χ0n) is 8.56. The molecule has 0 aliphatic rings. The third-order valence-electron chi connectivity index (χ3n) is 1.91. The Labute approximate surface area is 89.3 Å². The Bertz CT molecular complexity index is 411. The summed E-state index contributed by atoms with van der Waals surface area (Å²) in [7, 11) is -2.14. The molecule has 1 aromatic rings. The van der Waals surface area contributed by atoms with Gasteiger partial charge in [0.05, 0.1) is 6.10 Å². The van der Waals surface area contributed by atoms with E-state index < -0.39 is 16.3 Å². The van der Waals surface area contributed by atoms with Crippen molar-refractivity contribution in [3.63, 3.8) is 0 Å². The molecule has 0 fully saturated rings. The second-order valence-corrected chi connectivity index (χ2v) is 4.73. The highest BCUT2D eigenvalue weighted by Crippen LogP contribution is 2.15. The molecular formula is C9H14N2O3S. The molecule has 0 radical (unpaired) electrons. The summed E-state index contributed by atoms with van der Waals surface area (Å²) in [5.41, 5.74) is 1.19. The summed E-state index contributed by atoms with van der Waals surface area (Å²) in [6, 6.07) is 6.52. The highest BCUT2D eigenvalue weighted by molar-refractivity contribution is 7.90. The van der Waals surface area contributed by atoms with Crippen molar-refractivity contribution in [1.82, 2.24) is 4.72 Å². The van der Waals surface area contributed by atoms with Gasteiger partial charge in [-0.15, -0.1) is 0 Å². The van der Waals surface area contributed by atoms with E-state index in [4.69, 9.17) is 0 Å². The Hall–Kier alpha value is -1.11. The van der Waals surface area contributed by atoms with E-state index >= 15 is 0 Å². The molecule has 1 atom stereocenters. The van der Waals surface area contributed by atoms with Gasteiger partial charge >= 0.3 is 0 Å². The van der Waals surface area contributed by atoms with Gasteiger partial charge in [-0.25, -0.2) is 4.72 Å². The smallest absolute Gasteiger partial charge is 0.298 e. The summed E-state index contributed by atoms with van der Waals surface area (Å²) in [5.74, 6) is 0. The summed E-state index contributed by atoms with van der Waals surface area (Å²) in [4.78, 5) is 0. The molecule has 0 amide bonds. The van der Waals surface area contributed by atoms with Crippen LogP contribution in [0.1, 0.15) is 18.6 Å². The van der Waals surface area contributed by atoms with Crippen LogP contribution in [0.5, 0.6) is 0 Å². The molecule has 3 N–H and O–H groups in total. The molecule has 0 aromatic heterocycles. The van der Waals surface area contributed by atoms with Gasteiger partial charge in [0.2, 0.25) is 0 Å². The van der Waals surface area contributed by atoms with Crippen molar-refractivity contribution in [2.75, 3.05) is 11.8 Å². The fourth-order valence-corrected chi connectivity index (χ4v) is 1.58. The van der Waals surface area contributed by atoms with E-state index in [0.717, 1.165) is 5.56 Å². The van der Waals surface area contributed by atoms with Crippen molar-refractivity contribution in [1.29, 1.82) is 0 Å². The lowest BCUT2D eigenvalue weighted by Crippen LogP contribution is -2.26. The van der Waals surface area contributed by atoms with Gasteiger partial charge in [-0.1, -0.05) is 12.1 Å². The molecule has 0 saturated heterocycles. The molecule has 0 aliphatic carbocycles. The van der Waals surface area contributed by atoms with Gasteiger partial charge in [0.25, 0.3) is 10.2 Å². The Morgan fingerprint density at radius 2 is 1.80 bits per heavy atom. The van der Waals surface area contributed by atoms with E-state index in [1.807, 2.05) is 0 Å². The minimum absolute atomic E-state index is 0.453. The molecule has 0 saturated carbocycles. The van der Waals surface area contributed by atoms with E-state index in [1.165, 1.54) is 7.05 Å².